The SMILES string of the molecule is C[C@@H]1CN(C(=O)c2cc(Cl)nc(Cl)c2)CC(C)(C)O1. The molecule has 0 N–H and O–H groups in total. The third-order valence-corrected chi connectivity index (χ3v) is 3.25. The van der Waals surface area contributed by atoms with E-state index in [1.807, 2.05) is 20.8 Å². The van der Waals surface area contributed by atoms with E-state index in [1.165, 1.54) is 12.1 Å². The van der Waals surface area contributed by atoms with E-state index in [-0.39, 0.29) is 27.9 Å². The Hall–Kier alpha value is -0.840. The average molecular weight is 303 g/mol. The Kier molecular flexibility index (Phi) is 4.04. The van der Waals surface area contributed by atoms with Crippen LogP contribution in [0.3, 0.4) is 0 Å². The molecule has 1 fully saturated rings. The fourth-order valence-corrected chi connectivity index (χ4v) is 2.84. The minimum Gasteiger partial charge on any atom is -0.369 e. The first kappa shape index (κ1) is 14.6. The summed E-state index contributed by atoms with van der Waals surface area (Å²) in [5.74, 6) is -0.102. The molecule has 1 aromatic rings. The van der Waals surface area contributed by atoms with Crippen molar-refractivity contribution in [1.82, 2.24) is 9.88 Å². The molecule has 1 aliphatic rings. The second-order valence-corrected chi connectivity index (χ2v) is 6.15. The van der Waals surface area contributed by atoms with E-state index in [4.69, 9.17) is 27.9 Å². The summed E-state index contributed by atoms with van der Waals surface area (Å²) >= 11 is 11.7. The predicted molar refractivity (Wildman–Crippen MR) is 74.8 cm³/mol. The maximum atomic E-state index is 12.5. The van der Waals surface area contributed by atoms with E-state index in [0.717, 1.165) is 0 Å². The zero-order valence-corrected chi connectivity index (χ0v) is 12.6. The molecule has 4 nitrogen and oxygen atoms in total. The Balaban J connectivity index is 2.23. The number of aromatic nitrogens is 1. The van der Waals surface area contributed by atoms with E-state index < -0.39 is 0 Å². The lowest BCUT2D eigenvalue weighted by Gasteiger charge is -2.41. The van der Waals surface area contributed by atoms with Crippen molar-refractivity contribution in [1.29, 1.82) is 0 Å². The van der Waals surface area contributed by atoms with E-state index in [0.29, 0.717) is 18.7 Å². The molecule has 1 saturated heterocycles. The summed E-state index contributed by atoms with van der Waals surface area (Å²) in [6.07, 6.45) is 0.000445. The van der Waals surface area contributed by atoms with Gasteiger partial charge in [0.15, 0.2) is 0 Å². The average Bonchev–Trinajstić information content (AvgIpc) is 2.23. The van der Waals surface area contributed by atoms with Crippen molar-refractivity contribution in [2.75, 3.05) is 13.1 Å². The molecule has 1 atom stereocenters. The van der Waals surface area contributed by atoms with E-state index >= 15 is 0 Å². The number of ether oxygens (including phenoxy) is 1. The van der Waals surface area contributed by atoms with Crippen LogP contribution in [0.2, 0.25) is 10.3 Å². The van der Waals surface area contributed by atoms with Gasteiger partial charge in [0.05, 0.1) is 11.7 Å². The van der Waals surface area contributed by atoms with Gasteiger partial charge in [0.25, 0.3) is 5.91 Å². The molecule has 0 aromatic carbocycles. The van der Waals surface area contributed by atoms with Crippen molar-refractivity contribution in [2.45, 2.75) is 32.5 Å². The van der Waals surface area contributed by atoms with Gasteiger partial charge in [-0.25, -0.2) is 4.98 Å². The van der Waals surface area contributed by atoms with Gasteiger partial charge in [-0.1, -0.05) is 23.2 Å². The van der Waals surface area contributed by atoms with Crippen molar-refractivity contribution in [3.63, 3.8) is 0 Å². The first-order valence-corrected chi connectivity index (χ1v) is 6.82. The van der Waals surface area contributed by atoms with Gasteiger partial charge in [0, 0.05) is 18.7 Å². The molecule has 1 aromatic heterocycles. The fourth-order valence-electron chi connectivity index (χ4n) is 2.38. The number of hydrogen-bond acceptors (Lipinski definition) is 3. The summed E-state index contributed by atoms with van der Waals surface area (Å²) in [4.78, 5) is 18.1. The molecule has 2 heterocycles. The number of halogens is 2. The summed E-state index contributed by atoms with van der Waals surface area (Å²) in [6.45, 7) is 6.98. The highest BCUT2D eigenvalue weighted by atomic mass is 35.5. The zero-order valence-electron chi connectivity index (χ0n) is 11.1. The molecule has 104 valence electrons. The number of rotatable bonds is 1. The van der Waals surface area contributed by atoms with Crippen molar-refractivity contribution >= 4 is 29.1 Å². The quantitative estimate of drug-likeness (QED) is 0.749. The van der Waals surface area contributed by atoms with Crippen LogP contribution in [-0.4, -0.2) is 40.6 Å². The van der Waals surface area contributed by atoms with Crippen LogP contribution in [0.1, 0.15) is 31.1 Å². The van der Waals surface area contributed by atoms with Crippen molar-refractivity contribution in [2.24, 2.45) is 0 Å². The Morgan fingerprint density at radius 3 is 2.53 bits per heavy atom. The zero-order chi connectivity index (χ0) is 14.2. The molecule has 0 radical (unpaired) electrons. The first-order valence-electron chi connectivity index (χ1n) is 6.07. The molecule has 0 unspecified atom stereocenters. The van der Waals surface area contributed by atoms with Gasteiger partial charge in [-0.05, 0) is 32.9 Å². The minimum absolute atomic E-state index is 0.000445. The lowest BCUT2D eigenvalue weighted by atomic mass is 10.0. The second kappa shape index (κ2) is 5.27. The monoisotopic (exact) mass is 302 g/mol. The van der Waals surface area contributed by atoms with Crippen LogP contribution < -0.4 is 0 Å². The van der Waals surface area contributed by atoms with Crippen LogP contribution in [-0.2, 0) is 4.74 Å². The Bertz CT molecular complexity index is 485. The normalized spacial score (nSPS) is 22.4. The standard InChI is InChI=1S/C13H16Cl2N2O2/c1-8-6-17(7-13(2,3)19-8)12(18)9-4-10(14)16-11(15)5-9/h4-5,8H,6-7H2,1-3H3/t8-/m1/s1. The minimum atomic E-state index is -0.353. The van der Waals surface area contributed by atoms with Crippen LogP contribution in [0.4, 0.5) is 0 Å². The highest BCUT2D eigenvalue weighted by Crippen LogP contribution is 2.23. The van der Waals surface area contributed by atoms with Crippen molar-refractivity contribution in [3.05, 3.63) is 28.0 Å². The van der Waals surface area contributed by atoms with Gasteiger partial charge >= 0.3 is 0 Å². The Morgan fingerprint density at radius 1 is 1.42 bits per heavy atom. The third-order valence-electron chi connectivity index (χ3n) is 2.87. The van der Waals surface area contributed by atoms with E-state index in [2.05, 4.69) is 4.98 Å². The maximum absolute atomic E-state index is 12.5. The lowest BCUT2D eigenvalue weighted by Crippen LogP contribution is -2.53. The number of pyridine rings is 1. The summed E-state index contributed by atoms with van der Waals surface area (Å²) in [7, 11) is 0. The highest BCUT2D eigenvalue weighted by Gasteiger charge is 2.34. The van der Waals surface area contributed by atoms with Gasteiger partial charge in [-0.3, -0.25) is 4.79 Å². The molecule has 1 aliphatic heterocycles. The van der Waals surface area contributed by atoms with Gasteiger partial charge in [0.2, 0.25) is 0 Å². The number of nitrogens with zero attached hydrogens (tertiary/aromatic N) is 2. The summed E-state index contributed by atoms with van der Waals surface area (Å²) in [5, 5.41) is 0.438. The number of hydrogen-bond donors (Lipinski definition) is 0. The molecule has 19 heavy (non-hydrogen) atoms. The summed E-state index contributed by atoms with van der Waals surface area (Å²) in [6, 6.07) is 3.06. The van der Waals surface area contributed by atoms with Gasteiger partial charge in [-0.2, -0.15) is 0 Å². The maximum Gasteiger partial charge on any atom is 0.254 e. The van der Waals surface area contributed by atoms with E-state index in [9.17, 15) is 4.79 Å². The third kappa shape index (κ3) is 3.59. The van der Waals surface area contributed by atoms with Crippen LogP contribution in [0.25, 0.3) is 0 Å². The van der Waals surface area contributed by atoms with Crippen molar-refractivity contribution < 1.29 is 9.53 Å². The first-order chi connectivity index (χ1) is 8.77. The summed E-state index contributed by atoms with van der Waals surface area (Å²) in [5.41, 5.74) is 0.100. The van der Waals surface area contributed by atoms with Gasteiger partial charge < -0.3 is 9.64 Å². The second-order valence-electron chi connectivity index (χ2n) is 5.38. The molecule has 0 bridgehead atoms. The Morgan fingerprint density at radius 2 is 2.00 bits per heavy atom. The predicted octanol–water partition coefficient (Wildman–Crippen LogP) is 3.03. The number of carbonyl (C=O) groups is 1. The fraction of sp³-hybridized carbons (Fsp3) is 0.538. The van der Waals surface area contributed by atoms with Crippen LogP contribution in [0, 0.1) is 0 Å². The largest absolute Gasteiger partial charge is 0.369 e. The number of morpholine rings is 1. The van der Waals surface area contributed by atoms with E-state index in [1.54, 1.807) is 4.90 Å². The van der Waals surface area contributed by atoms with Gasteiger partial charge in [0.1, 0.15) is 10.3 Å². The molecule has 2 rings (SSSR count). The molecule has 0 aliphatic carbocycles. The molecule has 1 amide bonds. The van der Waals surface area contributed by atoms with Gasteiger partial charge in [-0.15, -0.1) is 0 Å². The molecule has 0 saturated carbocycles. The molecule has 0 spiro atoms. The van der Waals surface area contributed by atoms with Crippen LogP contribution >= 0.6 is 23.2 Å². The number of amides is 1. The van der Waals surface area contributed by atoms with Crippen LogP contribution in [0.5, 0.6) is 0 Å². The molecular formula is C13H16Cl2N2O2. The molecular weight excluding hydrogens is 287 g/mol. The van der Waals surface area contributed by atoms with Crippen molar-refractivity contribution in [3.8, 4) is 0 Å². The smallest absolute Gasteiger partial charge is 0.254 e. The Labute approximate surface area is 122 Å². The lowest BCUT2D eigenvalue weighted by molar-refractivity contribution is -0.118. The van der Waals surface area contributed by atoms with Crippen LogP contribution in [0.15, 0.2) is 12.1 Å². The summed E-state index contributed by atoms with van der Waals surface area (Å²) < 4.78 is 5.78. The molecule has 6 heteroatoms. The topological polar surface area (TPSA) is 42.4 Å². The highest BCUT2D eigenvalue weighted by molar-refractivity contribution is 6.33. The number of carbonyl (C=O) groups excluding carboxylic acids is 1.